The van der Waals surface area contributed by atoms with Crippen molar-refractivity contribution in [2.24, 2.45) is 0 Å². The van der Waals surface area contributed by atoms with Crippen LogP contribution in [-0.2, 0) is 10.0 Å². The van der Waals surface area contributed by atoms with Crippen molar-refractivity contribution in [3.8, 4) is 0 Å². The van der Waals surface area contributed by atoms with Crippen LogP contribution in [-0.4, -0.2) is 8.42 Å². The Morgan fingerprint density at radius 1 is 1.05 bits per heavy atom. The van der Waals surface area contributed by atoms with E-state index in [1.807, 2.05) is 13.8 Å². The number of halogens is 1. The molecule has 2 rings (SSSR count). The van der Waals surface area contributed by atoms with Gasteiger partial charge < -0.3 is 5.73 Å². The molecule has 0 heterocycles. The smallest absolute Gasteiger partial charge is 0.261 e. The second kappa shape index (κ2) is 5.13. The van der Waals surface area contributed by atoms with E-state index >= 15 is 0 Å². The molecule has 4 nitrogen and oxygen atoms in total. The largest absolute Gasteiger partial charge is 0.397 e. The van der Waals surface area contributed by atoms with Crippen molar-refractivity contribution < 1.29 is 12.8 Å². The summed E-state index contributed by atoms with van der Waals surface area (Å²) in [4.78, 5) is -0.0171. The maximum Gasteiger partial charge on any atom is 0.261 e. The summed E-state index contributed by atoms with van der Waals surface area (Å²) in [7, 11) is -3.78. The first-order chi connectivity index (χ1) is 9.29. The summed E-state index contributed by atoms with van der Waals surface area (Å²) >= 11 is 0. The number of rotatable bonds is 3. The van der Waals surface area contributed by atoms with Crippen LogP contribution in [0.1, 0.15) is 11.1 Å². The van der Waals surface area contributed by atoms with Crippen molar-refractivity contribution in [1.29, 1.82) is 0 Å². The molecule has 0 bridgehead atoms. The lowest BCUT2D eigenvalue weighted by Crippen LogP contribution is -2.14. The first-order valence-electron chi connectivity index (χ1n) is 5.95. The van der Waals surface area contributed by atoms with E-state index in [2.05, 4.69) is 4.72 Å². The normalized spacial score (nSPS) is 11.3. The van der Waals surface area contributed by atoms with Gasteiger partial charge >= 0.3 is 0 Å². The lowest BCUT2D eigenvalue weighted by Gasteiger charge is -2.12. The van der Waals surface area contributed by atoms with Crippen LogP contribution in [0.4, 0.5) is 15.8 Å². The molecule has 0 unspecified atom stereocenters. The van der Waals surface area contributed by atoms with Gasteiger partial charge in [0.1, 0.15) is 5.82 Å². The topological polar surface area (TPSA) is 72.2 Å². The van der Waals surface area contributed by atoms with Crippen LogP contribution in [0.5, 0.6) is 0 Å². The molecule has 0 aliphatic carbocycles. The predicted molar refractivity (Wildman–Crippen MR) is 77.5 cm³/mol. The molecule has 2 aromatic carbocycles. The third kappa shape index (κ3) is 2.91. The molecule has 0 saturated heterocycles. The molecule has 0 aromatic heterocycles. The number of anilines is 2. The van der Waals surface area contributed by atoms with E-state index in [0.717, 1.165) is 23.3 Å². The number of aryl methyl sites for hydroxylation is 2. The van der Waals surface area contributed by atoms with Gasteiger partial charge in [0.25, 0.3) is 10.0 Å². The highest BCUT2D eigenvalue weighted by molar-refractivity contribution is 7.92. The Kier molecular flexibility index (Phi) is 3.67. The average Bonchev–Trinajstić information content (AvgIpc) is 2.36. The molecule has 106 valence electrons. The Morgan fingerprint density at radius 3 is 2.20 bits per heavy atom. The fraction of sp³-hybridized carbons (Fsp3) is 0.143. The van der Waals surface area contributed by atoms with E-state index in [4.69, 9.17) is 5.73 Å². The molecule has 3 N–H and O–H groups in total. The van der Waals surface area contributed by atoms with Gasteiger partial charge in [0, 0.05) is 0 Å². The molecule has 2 aromatic rings. The quantitative estimate of drug-likeness (QED) is 0.855. The minimum atomic E-state index is -3.78. The lowest BCUT2D eigenvalue weighted by atomic mass is 10.1. The third-order valence-corrected chi connectivity index (χ3v) is 4.42. The number of benzene rings is 2. The molecule has 0 aliphatic heterocycles. The Hall–Kier alpha value is -2.08. The number of sulfonamides is 1. The monoisotopic (exact) mass is 294 g/mol. The highest BCUT2D eigenvalue weighted by atomic mass is 32.2. The molecule has 0 saturated carbocycles. The Morgan fingerprint density at radius 2 is 1.60 bits per heavy atom. The Bertz CT molecular complexity index is 741. The van der Waals surface area contributed by atoms with Crippen LogP contribution in [0.3, 0.4) is 0 Å². The molecule has 0 spiro atoms. The van der Waals surface area contributed by atoms with Gasteiger partial charge in [-0.1, -0.05) is 0 Å². The molecular formula is C14H15FN2O2S. The van der Waals surface area contributed by atoms with Crippen molar-refractivity contribution >= 4 is 21.4 Å². The van der Waals surface area contributed by atoms with Gasteiger partial charge in [-0.15, -0.1) is 0 Å². The second-order valence-electron chi connectivity index (χ2n) is 4.58. The van der Waals surface area contributed by atoms with Crippen LogP contribution < -0.4 is 10.5 Å². The van der Waals surface area contributed by atoms with Gasteiger partial charge in [-0.2, -0.15) is 0 Å². The van der Waals surface area contributed by atoms with E-state index in [-0.39, 0.29) is 4.90 Å². The minimum absolute atomic E-state index is 0.0171. The van der Waals surface area contributed by atoms with Gasteiger partial charge in [-0.3, -0.25) is 4.72 Å². The van der Waals surface area contributed by atoms with Crippen molar-refractivity contribution in [1.82, 2.24) is 0 Å². The van der Waals surface area contributed by atoms with E-state index in [0.29, 0.717) is 11.4 Å². The number of hydrogen-bond donors (Lipinski definition) is 2. The van der Waals surface area contributed by atoms with Crippen LogP contribution in [0.2, 0.25) is 0 Å². The maximum atomic E-state index is 12.8. The van der Waals surface area contributed by atoms with Crippen molar-refractivity contribution in [2.75, 3.05) is 10.5 Å². The summed E-state index contributed by atoms with van der Waals surface area (Å²) < 4.78 is 39.6. The predicted octanol–water partition coefficient (Wildman–Crippen LogP) is 2.83. The van der Waals surface area contributed by atoms with E-state index < -0.39 is 15.8 Å². The fourth-order valence-corrected chi connectivity index (χ4v) is 2.82. The van der Waals surface area contributed by atoms with Crippen LogP contribution in [0, 0.1) is 19.7 Å². The van der Waals surface area contributed by atoms with Crippen molar-refractivity contribution in [3.63, 3.8) is 0 Å². The highest BCUT2D eigenvalue weighted by Crippen LogP contribution is 2.25. The minimum Gasteiger partial charge on any atom is -0.397 e. The van der Waals surface area contributed by atoms with Crippen LogP contribution in [0.25, 0.3) is 0 Å². The van der Waals surface area contributed by atoms with Gasteiger partial charge in [0.2, 0.25) is 0 Å². The van der Waals surface area contributed by atoms with E-state index in [1.54, 1.807) is 12.1 Å². The molecule has 0 radical (unpaired) electrons. The van der Waals surface area contributed by atoms with Gasteiger partial charge in [0.05, 0.1) is 16.3 Å². The van der Waals surface area contributed by atoms with Gasteiger partial charge in [-0.25, -0.2) is 12.8 Å². The number of nitrogen functional groups attached to an aromatic ring is 1. The Balaban J connectivity index is 2.38. The molecule has 0 fully saturated rings. The third-order valence-electron chi connectivity index (χ3n) is 3.03. The van der Waals surface area contributed by atoms with Gasteiger partial charge in [-0.05, 0) is 61.4 Å². The van der Waals surface area contributed by atoms with Crippen LogP contribution in [0.15, 0.2) is 41.3 Å². The summed E-state index contributed by atoms with van der Waals surface area (Å²) in [6.45, 7) is 3.76. The van der Waals surface area contributed by atoms with Gasteiger partial charge in [0.15, 0.2) is 0 Å². The number of hydrogen-bond acceptors (Lipinski definition) is 3. The molecule has 20 heavy (non-hydrogen) atoms. The zero-order valence-electron chi connectivity index (χ0n) is 11.1. The second-order valence-corrected chi connectivity index (χ2v) is 6.27. The standard InChI is InChI=1S/C14H15FN2O2S/c1-9-7-13(16)14(8-10(9)2)17-20(18,19)12-5-3-11(15)4-6-12/h3-8,17H,16H2,1-2H3. The summed E-state index contributed by atoms with van der Waals surface area (Å²) in [5, 5.41) is 0. The summed E-state index contributed by atoms with van der Waals surface area (Å²) in [6.07, 6.45) is 0. The van der Waals surface area contributed by atoms with E-state index in [9.17, 15) is 12.8 Å². The molecule has 6 heteroatoms. The van der Waals surface area contributed by atoms with E-state index in [1.165, 1.54) is 12.1 Å². The Labute approximate surface area is 117 Å². The highest BCUT2D eigenvalue weighted by Gasteiger charge is 2.16. The van der Waals surface area contributed by atoms with Crippen LogP contribution >= 0.6 is 0 Å². The zero-order chi connectivity index (χ0) is 14.9. The summed E-state index contributed by atoms with van der Waals surface area (Å²) in [5.41, 5.74) is 8.38. The number of nitrogens with one attached hydrogen (secondary N) is 1. The zero-order valence-corrected chi connectivity index (χ0v) is 12.0. The lowest BCUT2D eigenvalue weighted by molar-refractivity contribution is 0.599. The van der Waals surface area contributed by atoms with Crippen molar-refractivity contribution in [2.45, 2.75) is 18.7 Å². The molecule has 0 aliphatic rings. The maximum absolute atomic E-state index is 12.8. The first-order valence-corrected chi connectivity index (χ1v) is 7.43. The molecule has 0 amide bonds. The average molecular weight is 294 g/mol. The summed E-state index contributed by atoms with van der Waals surface area (Å²) in [6, 6.07) is 7.98. The number of nitrogens with two attached hydrogens (primary N) is 1. The SMILES string of the molecule is Cc1cc(N)c(NS(=O)(=O)c2ccc(F)cc2)cc1C. The first kappa shape index (κ1) is 14.3. The fourth-order valence-electron chi connectivity index (χ4n) is 1.74. The van der Waals surface area contributed by atoms with Crippen molar-refractivity contribution in [3.05, 3.63) is 53.3 Å². The molecular weight excluding hydrogens is 279 g/mol. The summed E-state index contributed by atoms with van der Waals surface area (Å²) in [5.74, 6) is -0.491. The molecule has 0 atom stereocenters.